The van der Waals surface area contributed by atoms with Gasteiger partial charge in [0.25, 0.3) is 5.91 Å². The van der Waals surface area contributed by atoms with Crippen molar-refractivity contribution in [1.82, 2.24) is 14.3 Å². The van der Waals surface area contributed by atoms with Crippen LogP contribution in [0.1, 0.15) is 10.4 Å². The van der Waals surface area contributed by atoms with Crippen molar-refractivity contribution in [1.29, 1.82) is 0 Å². The molecule has 1 N–H and O–H groups in total. The molecule has 9 heteroatoms. The number of fused-ring (bicyclic) bond motifs is 1. The first kappa shape index (κ1) is 19.9. The third-order valence-corrected chi connectivity index (χ3v) is 6.57. The highest BCUT2D eigenvalue weighted by atomic mass is 32.2. The number of nitrogens with zero attached hydrogens (tertiary/aromatic N) is 3. The van der Waals surface area contributed by atoms with Crippen LogP contribution in [0, 0.1) is 0 Å². The number of sulfonamides is 1. The summed E-state index contributed by atoms with van der Waals surface area (Å²) < 4.78 is 27.7. The summed E-state index contributed by atoms with van der Waals surface area (Å²) in [6, 6.07) is 8.00. The Kier molecular flexibility index (Phi) is 5.98. The van der Waals surface area contributed by atoms with Gasteiger partial charge in [0.1, 0.15) is 0 Å². The van der Waals surface area contributed by atoms with Crippen LogP contribution >= 0.6 is 11.3 Å². The molecule has 2 aromatic heterocycles. The standard InChI is InChI=1S/C19H18N4O3S2/c1-3-10-23(11-4-2)28(25,26)15-7-8-16-17(12-15)27-19(21-16)22-18(24)14-6-5-9-20-13-14/h3-9,12-13H,1-2,10-11H2,(H,21,22,24). The van der Waals surface area contributed by atoms with Crippen LogP contribution in [0.3, 0.4) is 0 Å². The van der Waals surface area contributed by atoms with Gasteiger partial charge >= 0.3 is 0 Å². The van der Waals surface area contributed by atoms with Crippen LogP contribution in [-0.2, 0) is 10.0 Å². The molecule has 7 nitrogen and oxygen atoms in total. The number of hydrogen-bond acceptors (Lipinski definition) is 6. The predicted octanol–water partition coefficient (Wildman–Crippen LogP) is 3.31. The quantitative estimate of drug-likeness (QED) is 0.571. The third kappa shape index (κ3) is 4.16. The molecule has 0 spiro atoms. The Bertz CT molecular complexity index is 1110. The summed E-state index contributed by atoms with van der Waals surface area (Å²) >= 11 is 1.20. The number of nitrogens with one attached hydrogen (secondary N) is 1. The average Bonchev–Trinajstić information content (AvgIpc) is 3.09. The van der Waals surface area contributed by atoms with Crippen molar-refractivity contribution in [2.45, 2.75) is 4.90 Å². The van der Waals surface area contributed by atoms with Gasteiger partial charge in [-0.15, -0.1) is 13.2 Å². The minimum Gasteiger partial charge on any atom is -0.298 e. The fourth-order valence-electron chi connectivity index (χ4n) is 2.49. The molecule has 0 saturated heterocycles. The molecule has 0 unspecified atom stereocenters. The number of carbonyl (C=O) groups excluding carboxylic acids is 1. The molecule has 28 heavy (non-hydrogen) atoms. The molecule has 0 radical (unpaired) electrons. The van der Waals surface area contributed by atoms with Gasteiger partial charge in [0, 0.05) is 25.5 Å². The van der Waals surface area contributed by atoms with Crippen LogP contribution in [0.15, 0.2) is 72.9 Å². The topological polar surface area (TPSA) is 92.3 Å². The fourth-order valence-corrected chi connectivity index (χ4v) is 4.88. The Labute approximate surface area is 167 Å². The second-order valence-corrected chi connectivity index (χ2v) is 8.71. The van der Waals surface area contributed by atoms with E-state index in [9.17, 15) is 13.2 Å². The van der Waals surface area contributed by atoms with Gasteiger partial charge in [-0.05, 0) is 30.3 Å². The van der Waals surface area contributed by atoms with Crippen LogP contribution in [0.2, 0.25) is 0 Å². The Hall–Kier alpha value is -2.88. The van der Waals surface area contributed by atoms with E-state index in [0.717, 1.165) is 0 Å². The zero-order valence-corrected chi connectivity index (χ0v) is 16.5. The molecular weight excluding hydrogens is 396 g/mol. The van der Waals surface area contributed by atoms with Gasteiger partial charge < -0.3 is 0 Å². The van der Waals surface area contributed by atoms with Gasteiger partial charge in [-0.25, -0.2) is 13.4 Å². The van der Waals surface area contributed by atoms with Gasteiger partial charge in [0.15, 0.2) is 5.13 Å². The number of pyridine rings is 1. The second kappa shape index (κ2) is 8.42. The lowest BCUT2D eigenvalue weighted by Crippen LogP contribution is -2.31. The molecule has 0 bridgehead atoms. The molecule has 2 heterocycles. The van der Waals surface area contributed by atoms with Gasteiger partial charge in [-0.1, -0.05) is 23.5 Å². The van der Waals surface area contributed by atoms with Crippen molar-refractivity contribution < 1.29 is 13.2 Å². The van der Waals surface area contributed by atoms with E-state index in [0.29, 0.717) is 20.9 Å². The maximum Gasteiger partial charge on any atom is 0.259 e. The van der Waals surface area contributed by atoms with Gasteiger partial charge in [-0.3, -0.25) is 15.1 Å². The van der Waals surface area contributed by atoms with Crippen LogP contribution in [0.5, 0.6) is 0 Å². The van der Waals surface area contributed by atoms with Crippen LogP contribution in [-0.4, -0.2) is 41.7 Å². The number of anilines is 1. The van der Waals surface area contributed by atoms with E-state index in [1.54, 1.807) is 30.5 Å². The highest BCUT2D eigenvalue weighted by molar-refractivity contribution is 7.89. The smallest absolute Gasteiger partial charge is 0.259 e. The van der Waals surface area contributed by atoms with Crippen LogP contribution < -0.4 is 5.32 Å². The molecular formula is C19H18N4O3S2. The van der Waals surface area contributed by atoms with Crippen LogP contribution in [0.4, 0.5) is 5.13 Å². The summed E-state index contributed by atoms with van der Waals surface area (Å²) in [5, 5.41) is 3.09. The molecule has 0 saturated carbocycles. The van der Waals surface area contributed by atoms with Crippen molar-refractivity contribution >= 4 is 42.6 Å². The Balaban J connectivity index is 1.89. The number of aromatic nitrogens is 2. The number of hydrogen-bond donors (Lipinski definition) is 1. The maximum atomic E-state index is 12.9. The molecule has 0 atom stereocenters. The van der Waals surface area contributed by atoms with Crippen molar-refractivity contribution in [3.63, 3.8) is 0 Å². The van der Waals surface area contributed by atoms with Gasteiger partial charge in [-0.2, -0.15) is 4.31 Å². The monoisotopic (exact) mass is 414 g/mol. The van der Waals surface area contributed by atoms with E-state index in [1.165, 1.54) is 40.1 Å². The molecule has 144 valence electrons. The lowest BCUT2D eigenvalue weighted by atomic mass is 10.3. The third-order valence-electron chi connectivity index (χ3n) is 3.81. The molecule has 0 aliphatic heterocycles. The second-order valence-electron chi connectivity index (χ2n) is 5.74. The summed E-state index contributed by atoms with van der Waals surface area (Å²) in [6.45, 7) is 7.57. The number of rotatable bonds is 8. The number of thiazole rings is 1. The Morgan fingerprint density at radius 2 is 1.96 bits per heavy atom. The Morgan fingerprint density at radius 1 is 1.21 bits per heavy atom. The molecule has 0 aliphatic carbocycles. The van der Waals surface area contributed by atoms with Crippen molar-refractivity contribution in [2.24, 2.45) is 0 Å². The van der Waals surface area contributed by atoms with E-state index in [1.807, 2.05) is 0 Å². The summed E-state index contributed by atoms with van der Waals surface area (Å²) in [4.78, 5) is 20.7. The number of carbonyl (C=O) groups is 1. The van der Waals surface area contributed by atoms with E-state index in [4.69, 9.17) is 0 Å². The van der Waals surface area contributed by atoms with Gasteiger partial charge in [0.2, 0.25) is 10.0 Å². The molecule has 3 rings (SSSR count). The fraction of sp³-hybridized carbons (Fsp3) is 0.105. The summed E-state index contributed by atoms with van der Waals surface area (Å²) in [6.07, 6.45) is 6.09. The van der Waals surface area contributed by atoms with Crippen molar-refractivity contribution in [3.8, 4) is 0 Å². The van der Waals surface area contributed by atoms with Gasteiger partial charge in [0.05, 0.1) is 20.7 Å². The van der Waals surface area contributed by atoms with E-state index < -0.39 is 10.0 Å². The summed E-state index contributed by atoms with van der Waals surface area (Å²) in [7, 11) is -3.70. The minimum atomic E-state index is -3.70. The minimum absolute atomic E-state index is 0.150. The van der Waals surface area contributed by atoms with Crippen LogP contribution in [0.25, 0.3) is 10.2 Å². The highest BCUT2D eigenvalue weighted by Crippen LogP contribution is 2.29. The molecule has 3 aromatic rings. The summed E-state index contributed by atoms with van der Waals surface area (Å²) in [5.74, 6) is -0.330. The zero-order valence-electron chi connectivity index (χ0n) is 14.9. The first-order chi connectivity index (χ1) is 13.5. The zero-order chi connectivity index (χ0) is 20.1. The van der Waals surface area contributed by atoms with Crippen molar-refractivity contribution in [3.05, 3.63) is 73.6 Å². The molecule has 1 amide bonds. The lowest BCUT2D eigenvalue weighted by Gasteiger charge is -2.18. The molecule has 1 aromatic carbocycles. The predicted molar refractivity (Wildman–Crippen MR) is 111 cm³/mol. The maximum absolute atomic E-state index is 12.9. The highest BCUT2D eigenvalue weighted by Gasteiger charge is 2.23. The van der Waals surface area contributed by atoms with E-state index in [2.05, 4.69) is 28.4 Å². The molecule has 0 fully saturated rings. The largest absolute Gasteiger partial charge is 0.298 e. The summed E-state index contributed by atoms with van der Waals surface area (Å²) in [5.41, 5.74) is 1.01. The average molecular weight is 415 g/mol. The first-order valence-electron chi connectivity index (χ1n) is 8.29. The first-order valence-corrected chi connectivity index (χ1v) is 10.6. The van der Waals surface area contributed by atoms with E-state index in [-0.39, 0.29) is 23.9 Å². The SMILES string of the molecule is C=CCN(CC=C)S(=O)(=O)c1ccc2nc(NC(=O)c3cccnc3)sc2c1. The van der Waals surface area contributed by atoms with E-state index >= 15 is 0 Å². The Morgan fingerprint density at radius 3 is 2.61 bits per heavy atom. The number of amides is 1. The lowest BCUT2D eigenvalue weighted by molar-refractivity contribution is 0.102. The number of benzene rings is 1. The van der Waals surface area contributed by atoms with Crippen molar-refractivity contribution in [2.75, 3.05) is 18.4 Å². The molecule has 0 aliphatic rings. The normalized spacial score (nSPS) is 11.5.